The van der Waals surface area contributed by atoms with Gasteiger partial charge < -0.3 is 16.3 Å². The lowest BCUT2D eigenvalue weighted by molar-refractivity contribution is -0.116. The van der Waals surface area contributed by atoms with Crippen LogP contribution in [0, 0.1) is 0 Å². The van der Waals surface area contributed by atoms with E-state index in [9.17, 15) is 17.8 Å². The average molecular weight is 308 g/mol. The first kappa shape index (κ1) is 15.3. The number of benzene rings is 2. The van der Waals surface area contributed by atoms with Gasteiger partial charge in [-0.1, -0.05) is 18.2 Å². The normalized spacial score (nSPS) is 11.7. The zero-order valence-corrected chi connectivity index (χ0v) is 12.3. The van der Waals surface area contributed by atoms with Crippen molar-refractivity contribution >= 4 is 38.0 Å². The number of nitrogen functional groups attached to an aromatic ring is 2. The van der Waals surface area contributed by atoms with Gasteiger partial charge in [-0.05, 0) is 30.4 Å². The van der Waals surface area contributed by atoms with Crippen molar-refractivity contribution in [3.05, 3.63) is 29.8 Å². The summed E-state index contributed by atoms with van der Waals surface area (Å²) in [6, 6.07) is 6.55. The number of fused-ring (bicyclic) bond motifs is 1. The summed E-state index contributed by atoms with van der Waals surface area (Å²) in [7, 11) is -4.50. The summed E-state index contributed by atoms with van der Waals surface area (Å²) in [6.07, 6.45) is 0.797. The van der Waals surface area contributed by atoms with Gasteiger partial charge in [-0.15, -0.1) is 0 Å². The van der Waals surface area contributed by atoms with E-state index in [4.69, 9.17) is 11.5 Å². The van der Waals surface area contributed by atoms with E-state index in [1.807, 2.05) is 0 Å². The van der Waals surface area contributed by atoms with Crippen LogP contribution in [0.5, 0.6) is 0 Å². The fourth-order valence-corrected chi connectivity index (χ4v) is 3.15. The quantitative estimate of drug-likeness (QED) is 0.584. The van der Waals surface area contributed by atoms with Crippen molar-refractivity contribution < 1.29 is 17.8 Å². The lowest BCUT2D eigenvalue weighted by Crippen LogP contribution is -2.08. The number of anilines is 2. The zero-order valence-electron chi connectivity index (χ0n) is 11.5. The molecule has 2 rings (SSSR count). The Morgan fingerprint density at radius 2 is 1.90 bits per heavy atom. The van der Waals surface area contributed by atoms with Crippen LogP contribution < -0.4 is 11.5 Å². The van der Waals surface area contributed by atoms with Crippen molar-refractivity contribution in [3.8, 4) is 0 Å². The van der Waals surface area contributed by atoms with Crippen LogP contribution in [-0.2, 0) is 21.3 Å². The number of hydrogen-bond donors (Lipinski definition) is 3. The van der Waals surface area contributed by atoms with Gasteiger partial charge in [-0.25, -0.2) is 0 Å². The molecule has 0 atom stereocenters. The van der Waals surface area contributed by atoms with Crippen molar-refractivity contribution in [1.82, 2.24) is 0 Å². The fraction of sp³-hybridized carbons (Fsp3) is 0.214. The van der Waals surface area contributed by atoms with Crippen molar-refractivity contribution in [2.75, 3.05) is 11.5 Å². The van der Waals surface area contributed by atoms with Crippen molar-refractivity contribution in [2.45, 2.75) is 24.7 Å². The first-order valence-corrected chi connectivity index (χ1v) is 7.72. The van der Waals surface area contributed by atoms with E-state index in [1.165, 1.54) is 6.92 Å². The molecule has 2 aromatic rings. The Morgan fingerprint density at radius 1 is 1.24 bits per heavy atom. The molecular weight excluding hydrogens is 292 g/mol. The van der Waals surface area contributed by atoms with Crippen LogP contribution in [0.4, 0.5) is 11.4 Å². The molecule has 0 saturated carbocycles. The lowest BCUT2D eigenvalue weighted by Gasteiger charge is -2.13. The van der Waals surface area contributed by atoms with Crippen LogP contribution in [0.15, 0.2) is 29.2 Å². The third-order valence-electron chi connectivity index (χ3n) is 3.30. The van der Waals surface area contributed by atoms with Crippen molar-refractivity contribution in [2.24, 2.45) is 0 Å². The van der Waals surface area contributed by atoms with Gasteiger partial charge in [0.05, 0.1) is 11.4 Å². The number of Topliss-reactive ketones (excluding diaryl/α,β-unsaturated/α-hetero) is 1. The molecule has 0 fully saturated rings. The Labute approximate surface area is 122 Å². The second-order valence-electron chi connectivity index (χ2n) is 4.90. The van der Waals surface area contributed by atoms with Crippen molar-refractivity contribution in [1.29, 1.82) is 0 Å². The average Bonchev–Trinajstić information content (AvgIpc) is 2.36. The number of carbonyl (C=O) groups excluding carboxylic acids is 1. The smallest absolute Gasteiger partial charge is 0.297 e. The molecule has 6 nitrogen and oxygen atoms in total. The van der Waals surface area contributed by atoms with Crippen LogP contribution in [0.25, 0.3) is 10.8 Å². The minimum atomic E-state index is -4.50. The summed E-state index contributed by atoms with van der Waals surface area (Å²) in [5, 5.41) is 0.864. The molecule has 0 radical (unpaired) electrons. The van der Waals surface area contributed by atoms with E-state index in [-0.39, 0.29) is 22.1 Å². The molecule has 0 saturated heterocycles. The summed E-state index contributed by atoms with van der Waals surface area (Å²) in [5.74, 6) is 0.0328. The molecule has 21 heavy (non-hydrogen) atoms. The highest BCUT2D eigenvalue weighted by molar-refractivity contribution is 7.86. The molecule has 2 aromatic carbocycles. The molecule has 5 N–H and O–H groups in total. The molecule has 0 unspecified atom stereocenters. The lowest BCUT2D eigenvalue weighted by atomic mass is 9.99. The zero-order chi connectivity index (χ0) is 15.8. The number of aryl methyl sites for hydroxylation is 1. The molecule has 0 amide bonds. The van der Waals surface area contributed by atoms with E-state index in [0.717, 1.165) is 5.56 Å². The van der Waals surface area contributed by atoms with Gasteiger partial charge in [-0.2, -0.15) is 8.42 Å². The maximum Gasteiger partial charge on any atom is 0.297 e. The molecule has 112 valence electrons. The second kappa shape index (κ2) is 5.34. The van der Waals surface area contributed by atoms with E-state index >= 15 is 0 Å². The summed E-state index contributed by atoms with van der Waals surface area (Å²) in [6.45, 7) is 1.49. The van der Waals surface area contributed by atoms with E-state index in [2.05, 4.69) is 0 Å². The van der Waals surface area contributed by atoms with Gasteiger partial charge in [0.1, 0.15) is 10.7 Å². The molecule has 0 spiro atoms. The maximum atomic E-state index is 11.6. The standard InChI is InChI=1S/C14H16N2O4S/c1-8(17)5-6-9-3-2-4-10-11(9)7-12(15)13(16)14(10)21(18,19)20/h2-4,7H,5-6,15-16H2,1H3,(H,18,19,20). The van der Waals surface area contributed by atoms with Gasteiger partial charge in [0.15, 0.2) is 0 Å². The molecule has 0 bridgehead atoms. The summed E-state index contributed by atoms with van der Waals surface area (Å²) in [5.41, 5.74) is 12.1. The summed E-state index contributed by atoms with van der Waals surface area (Å²) < 4.78 is 32.5. The predicted molar refractivity (Wildman–Crippen MR) is 81.6 cm³/mol. The first-order chi connectivity index (χ1) is 9.71. The molecule has 0 aliphatic rings. The Kier molecular flexibility index (Phi) is 3.89. The van der Waals surface area contributed by atoms with Crippen LogP contribution >= 0.6 is 0 Å². The Balaban J connectivity index is 2.78. The van der Waals surface area contributed by atoms with Crippen LogP contribution in [0.1, 0.15) is 18.9 Å². The number of rotatable bonds is 4. The van der Waals surface area contributed by atoms with Gasteiger partial charge >= 0.3 is 0 Å². The fourth-order valence-electron chi connectivity index (χ4n) is 2.30. The topological polar surface area (TPSA) is 123 Å². The number of hydrogen-bond acceptors (Lipinski definition) is 5. The minimum absolute atomic E-state index is 0.0328. The number of nitrogens with two attached hydrogens (primary N) is 2. The molecule has 0 heterocycles. The minimum Gasteiger partial charge on any atom is -0.397 e. The molecule has 0 aromatic heterocycles. The van der Waals surface area contributed by atoms with Crippen LogP contribution in [0.3, 0.4) is 0 Å². The third-order valence-corrected chi connectivity index (χ3v) is 4.26. The van der Waals surface area contributed by atoms with E-state index < -0.39 is 10.1 Å². The molecule has 0 aliphatic heterocycles. The van der Waals surface area contributed by atoms with Gasteiger partial charge in [0.2, 0.25) is 0 Å². The highest BCUT2D eigenvalue weighted by atomic mass is 32.2. The van der Waals surface area contributed by atoms with Crippen molar-refractivity contribution in [3.63, 3.8) is 0 Å². The van der Waals surface area contributed by atoms with Crippen LogP contribution in [-0.4, -0.2) is 18.8 Å². The van der Waals surface area contributed by atoms with Gasteiger partial charge in [0, 0.05) is 11.8 Å². The molecule has 0 aliphatic carbocycles. The van der Waals surface area contributed by atoms with Gasteiger partial charge in [-0.3, -0.25) is 4.55 Å². The number of carbonyl (C=O) groups is 1. The highest BCUT2D eigenvalue weighted by Crippen LogP contribution is 2.35. The maximum absolute atomic E-state index is 11.6. The summed E-state index contributed by atoms with van der Waals surface area (Å²) >= 11 is 0. The Bertz CT molecular complexity index is 828. The Hall–Kier alpha value is -2.12. The van der Waals surface area contributed by atoms with Crippen LogP contribution in [0.2, 0.25) is 0 Å². The monoisotopic (exact) mass is 308 g/mol. The largest absolute Gasteiger partial charge is 0.397 e. The summed E-state index contributed by atoms with van der Waals surface area (Å²) in [4.78, 5) is 10.7. The number of ketones is 1. The predicted octanol–water partition coefficient (Wildman–Crippen LogP) is 1.77. The molecule has 7 heteroatoms. The Morgan fingerprint density at radius 3 is 2.48 bits per heavy atom. The van der Waals surface area contributed by atoms with E-state index in [1.54, 1.807) is 24.3 Å². The first-order valence-electron chi connectivity index (χ1n) is 6.28. The van der Waals surface area contributed by atoms with Gasteiger partial charge in [0.25, 0.3) is 10.1 Å². The molecular formula is C14H16N2O4S. The third kappa shape index (κ3) is 2.98. The van der Waals surface area contributed by atoms with E-state index in [0.29, 0.717) is 23.6 Å². The second-order valence-corrected chi connectivity index (χ2v) is 6.26. The SMILES string of the molecule is CC(=O)CCc1cccc2c(S(=O)(=O)O)c(N)c(N)cc12. The highest BCUT2D eigenvalue weighted by Gasteiger charge is 2.21.